The summed E-state index contributed by atoms with van der Waals surface area (Å²) in [5.74, 6) is 0. The van der Waals surface area contributed by atoms with E-state index in [0.717, 1.165) is 0 Å². The molecule has 1 N–H and O–H groups in total. The number of benzene rings is 1. The van der Waals surface area contributed by atoms with Gasteiger partial charge in [-0.2, -0.15) is 8.42 Å². The molecule has 0 atom stereocenters. The minimum atomic E-state index is -4.33. The van der Waals surface area contributed by atoms with Crippen LogP contribution in [0.1, 0.15) is 5.56 Å². The zero-order chi connectivity index (χ0) is 10.9. The fourth-order valence-electron chi connectivity index (χ4n) is 0.904. The van der Waals surface area contributed by atoms with E-state index < -0.39 is 15.0 Å². The van der Waals surface area contributed by atoms with Gasteiger partial charge in [0.2, 0.25) is 0 Å². The Bertz CT molecular complexity index is 480. The molecule has 14 heavy (non-hydrogen) atoms. The average Bonchev–Trinajstić information content (AvgIpc) is 2.07. The lowest BCUT2D eigenvalue weighted by atomic mass is 10.2. The van der Waals surface area contributed by atoms with Crippen molar-refractivity contribution in [2.75, 3.05) is 0 Å². The van der Waals surface area contributed by atoms with Crippen LogP contribution in [0.4, 0.5) is 0 Å². The molecule has 0 heterocycles. The number of hydrogen-bond acceptors (Lipinski definition) is 2. The summed E-state index contributed by atoms with van der Waals surface area (Å²) >= 11 is 11.4. The summed E-state index contributed by atoms with van der Waals surface area (Å²) in [6.07, 6.45) is 1.43. The maximum atomic E-state index is 10.8. The molecule has 0 amide bonds. The molecular weight excluding hydrogens is 247 g/mol. The summed E-state index contributed by atoms with van der Waals surface area (Å²) in [7, 11) is -4.33. The van der Waals surface area contributed by atoms with Crippen molar-refractivity contribution in [1.29, 1.82) is 0 Å². The predicted octanol–water partition coefficient (Wildman–Crippen LogP) is 2.88. The first-order chi connectivity index (χ1) is 6.38. The van der Waals surface area contributed by atoms with Crippen molar-refractivity contribution >= 4 is 39.4 Å². The van der Waals surface area contributed by atoms with Crippen molar-refractivity contribution in [2.45, 2.75) is 4.90 Å². The van der Waals surface area contributed by atoms with E-state index >= 15 is 0 Å². The van der Waals surface area contributed by atoms with E-state index in [1.807, 2.05) is 0 Å². The van der Waals surface area contributed by atoms with Crippen molar-refractivity contribution in [3.05, 3.63) is 34.3 Å². The molecule has 0 aliphatic carbocycles. The van der Waals surface area contributed by atoms with Crippen molar-refractivity contribution in [3.8, 4) is 0 Å². The van der Waals surface area contributed by atoms with Crippen LogP contribution in [0, 0.1) is 0 Å². The number of hydrogen-bond donors (Lipinski definition) is 1. The van der Waals surface area contributed by atoms with Crippen molar-refractivity contribution < 1.29 is 13.0 Å². The van der Waals surface area contributed by atoms with Gasteiger partial charge in [0.05, 0.1) is 10.0 Å². The maximum Gasteiger partial charge on any atom is 0.296 e. The summed E-state index contributed by atoms with van der Waals surface area (Å²) in [6, 6.07) is 2.57. The maximum absolute atomic E-state index is 10.8. The van der Waals surface area contributed by atoms with Crippen LogP contribution in [-0.4, -0.2) is 13.0 Å². The third-order valence-corrected chi connectivity index (χ3v) is 3.48. The van der Waals surface area contributed by atoms with Gasteiger partial charge in [-0.15, -0.1) is 0 Å². The van der Waals surface area contributed by atoms with Gasteiger partial charge in [-0.3, -0.25) is 4.55 Å². The smallest absolute Gasteiger partial charge is 0.282 e. The van der Waals surface area contributed by atoms with Crippen LogP contribution >= 0.6 is 23.2 Å². The zero-order valence-corrected chi connectivity index (χ0v) is 9.20. The standard InChI is InChI=1S/C8H6Cl2O3S/c1-2-5-3-4-6(14(11,12)13)8(10)7(5)9/h2-4H,1H2,(H,11,12,13). The molecule has 3 nitrogen and oxygen atoms in total. The molecular formula is C8H6Cl2O3S. The summed E-state index contributed by atoms with van der Waals surface area (Å²) in [6.45, 7) is 3.47. The molecule has 0 unspecified atom stereocenters. The Morgan fingerprint density at radius 1 is 1.29 bits per heavy atom. The fraction of sp³-hybridized carbons (Fsp3) is 0. The average molecular weight is 253 g/mol. The molecule has 76 valence electrons. The lowest BCUT2D eigenvalue weighted by molar-refractivity contribution is 0.483. The second-order valence-corrected chi connectivity index (χ2v) is 4.61. The third kappa shape index (κ3) is 2.09. The van der Waals surface area contributed by atoms with Gasteiger partial charge < -0.3 is 0 Å². The highest BCUT2D eigenvalue weighted by atomic mass is 35.5. The van der Waals surface area contributed by atoms with Crippen LogP contribution in [0.5, 0.6) is 0 Å². The molecule has 1 aromatic carbocycles. The minimum Gasteiger partial charge on any atom is -0.282 e. The second kappa shape index (κ2) is 3.90. The van der Waals surface area contributed by atoms with Gasteiger partial charge in [0, 0.05) is 0 Å². The van der Waals surface area contributed by atoms with E-state index in [0.29, 0.717) is 5.56 Å². The Morgan fingerprint density at radius 3 is 2.29 bits per heavy atom. The summed E-state index contributed by atoms with van der Waals surface area (Å²) in [5, 5.41) is -0.150. The molecule has 0 bridgehead atoms. The molecule has 0 saturated carbocycles. The quantitative estimate of drug-likeness (QED) is 0.824. The highest BCUT2D eigenvalue weighted by Crippen LogP contribution is 2.32. The van der Waals surface area contributed by atoms with Gasteiger partial charge >= 0.3 is 0 Å². The minimum absolute atomic E-state index is 0.0526. The lowest BCUT2D eigenvalue weighted by Crippen LogP contribution is -1.99. The van der Waals surface area contributed by atoms with Crippen molar-refractivity contribution in [2.24, 2.45) is 0 Å². The van der Waals surface area contributed by atoms with Gasteiger partial charge in [0.1, 0.15) is 4.90 Å². The van der Waals surface area contributed by atoms with Crippen LogP contribution in [0.2, 0.25) is 10.0 Å². The molecule has 0 spiro atoms. The van der Waals surface area contributed by atoms with Crippen LogP contribution in [0.3, 0.4) is 0 Å². The molecule has 1 rings (SSSR count). The first kappa shape index (κ1) is 11.5. The Kier molecular flexibility index (Phi) is 3.21. The van der Waals surface area contributed by atoms with Crippen LogP contribution in [0.25, 0.3) is 6.08 Å². The Balaban J connectivity index is 3.54. The van der Waals surface area contributed by atoms with E-state index in [2.05, 4.69) is 6.58 Å². The number of halogens is 2. The summed E-state index contributed by atoms with van der Waals surface area (Å²) in [4.78, 5) is -0.408. The van der Waals surface area contributed by atoms with Crippen LogP contribution in [0.15, 0.2) is 23.6 Å². The van der Waals surface area contributed by atoms with Crippen LogP contribution < -0.4 is 0 Å². The van der Waals surface area contributed by atoms with E-state index in [4.69, 9.17) is 27.8 Å². The first-order valence-corrected chi connectivity index (χ1v) is 5.65. The normalized spacial score (nSPS) is 11.4. The van der Waals surface area contributed by atoms with E-state index in [9.17, 15) is 8.42 Å². The van der Waals surface area contributed by atoms with E-state index in [1.165, 1.54) is 18.2 Å². The molecule has 1 aromatic rings. The zero-order valence-electron chi connectivity index (χ0n) is 6.87. The lowest BCUT2D eigenvalue weighted by Gasteiger charge is -2.04. The highest BCUT2D eigenvalue weighted by molar-refractivity contribution is 7.86. The predicted molar refractivity (Wildman–Crippen MR) is 56.4 cm³/mol. The highest BCUT2D eigenvalue weighted by Gasteiger charge is 2.17. The molecule has 0 aliphatic heterocycles. The Labute approximate surface area is 91.7 Å². The van der Waals surface area contributed by atoms with Gasteiger partial charge in [0.15, 0.2) is 0 Å². The van der Waals surface area contributed by atoms with Gasteiger partial charge in [-0.1, -0.05) is 41.9 Å². The summed E-state index contributed by atoms with van der Waals surface area (Å²) in [5.41, 5.74) is 0.504. The molecule has 0 radical (unpaired) electrons. The van der Waals surface area contributed by atoms with Crippen LogP contribution in [-0.2, 0) is 10.1 Å². The number of rotatable bonds is 2. The van der Waals surface area contributed by atoms with Gasteiger partial charge in [-0.05, 0) is 11.6 Å². The van der Waals surface area contributed by atoms with Crippen molar-refractivity contribution in [3.63, 3.8) is 0 Å². The van der Waals surface area contributed by atoms with Gasteiger partial charge in [0.25, 0.3) is 10.1 Å². The second-order valence-electron chi connectivity index (χ2n) is 2.46. The molecule has 0 aromatic heterocycles. The topological polar surface area (TPSA) is 54.4 Å². The summed E-state index contributed by atoms with van der Waals surface area (Å²) < 4.78 is 30.3. The van der Waals surface area contributed by atoms with Gasteiger partial charge in [-0.25, -0.2) is 0 Å². The molecule has 0 aliphatic rings. The first-order valence-electron chi connectivity index (χ1n) is 3.46. The molecule has 0 saturated heterocycles. The monoisotopic (exact) mass is 252 g/mol. The Morgan fingerprint density at radius 2 is 1.86 bits per heavy atom. The SMILES string of the molecule is C=Cc1ccc(S(=O)(=O)O)c(Cl)c1Cl. The third-order valence-electron chi connectivity index (χ3n) is 1.57. The molecule has 6 heteroatoms. The Hall–Kier alpha value is -0.550. The molecule has 0 fully saturated rings. The van der Waals surface area contributed by atoms with Crippen molar-refractivity contribution in [1.82, 2.24) is 0 Å². The largest absolute Gasteiger partial charge is 0.296 e. The fourth-order valence-corrected chi connectivity index (χ4v) is 2.23. The van der Waals surface area contributed by atoms with E-state index in [-0.39, 0.29) is 10.0 Å². The van der Waals surface area contributed by atoms with E-state index in [1.54, 1.807) is 0 Å².